The van der Waals surface area contributed by atoms with Crippen molar-refractivity contribution in [2.24, 2.45) is 5.92 Å². The van der Waals surface area contributed by atoms with Crippen molar-refractivity contribution in [1.29, 1.82) is 0 Å². The van der Waals surface area contributed by atoms with Crippen molar-refractivity contribution in [3.63, 3.8) is 0 Å². The third-order valence-corrected chi connectivity index (χ3v) is 5.84. The summed E-state index contributed by atoms with van der Waals surface area (Å²) in [5.74, 6) is -1.09. The van der Waals surface area contributed by atoms with Crippen molar-refractivity contribution in [2.45, 2.75) is 17.2 Å². The maximum absolute atomic E-state index is 13.8. The van der Waals surface area contributed by atoms with E-state index >= 15 is 0 Å². The van der Waals surface area contributed by atoms with Gasteiger partial charge in [-0.15, -0.1) is 0 Å². The van der Waals surface area contributed by atoms with Crippen molar-refractivity contribution in [1.82, 2.24) is 4.72 Å². The van der Waals surface area contributed by atoms with Crippen molar-refractivity contribution in [2.75, 3.05) is 13.2 Å². The maximum Gasteiger partial charge on any atom is 0.264 e. The average molecular weight is 377 g/mol. The Balaban J connectivity index is 1.48. The molecule has 1 heterocycles. The molecular weight excluding hydrogens is 361 g/mol. The molecule has 1 fully saturated rings. The first-order valence-electron chi connectivity index (χ1n) is 8.16. The zero-order chi connectivity index (χ0) is 18.3. The number of rotatable bonds is 4. The first kappa shape index (κ1) is 16.8. The zero-order valence-electron chi connectivity index (χ0n) is 13.6. The van der Waals surface area contributed by atoms with E-state index in [0.29, 0.717) is 36.7 Å². The number of fused-ring (bicyclic) bond motifs is 1. The Hall–Kier alpha value is -2.61. The SMILES string of the molecule is O=C(NS(=O)(=O)c1ccc2c(c1)OCCO2)[C@@H]1C[C@H]1c1ccccc1F. The number of benzene rings is 2. The number of carbonyl (C=O) groups excluding carboxylic acids is 1. The second-order valence-electron chi connectivity index (χ2n) is 6.25. The van der Waals surface area contributed by atoms with Gasteiger partial charge in [0, 0.05) is 12.0 Å². The molecule has 26 heavy (non-hydrogen) atoms. The zero-order valence-corrected chi connectivity index (χ0v) is 14.5. The Kier molecular flexibility index (Phi) is 4.07. The highest BCUT2D eigenvalue weighted by molar-refractivity contribution is 7.90. The van der Waals surface area contributed by atoms with E-state index in [1.165, 1.54) is 24.3 Å². The molecule has 1 N–H and O–H groups in total. The summed E-state index contributed by atoms with van der Waals surface area (Å²) in [4.78, 5) is 12.2. The van der Waals surface area contributed by atoms with Gasteiger partial charge in [0.15, 0.2) is 11.5 Å². The number of hydrogen-bond donors (Lipinski definition) is 1. The lowest BCUT2D eigenvalue weighted by molar-refractivity contribution is -0.120. The summed E-state index contributed by atoms with van der Waals surface area (Å²) >= 11 is 0. The van der Waals surface area contributed by atoms with Crippen LogP contribution in [0.4, 0.5) is 4.39 Å². The van der Waals surface area contributed by atoms with Gasteiger partial charge in [0.05, 0.1) is 4.90 Å². The van der Waals surface area contributed by atoms with E-state index in [4.69, 9.17) is 9.47 Å². The third-order valence-electron chi connectivity index (χ3n) is 4.49. The third kappa shape index (κ3) is 3.12. The van der Waals surface area contributed by atoms with Crippen LogP contribution in [0.5, 0.6) is 11.5 Å². The number of carbonyl (C=O) groups is 1. The van der Waals surface area contributed by atoms with Crippen molar-refractivity contribution >= 4 is 15.9 Å². The van der Waals surface area contributed by atoms with Crippen LogP contribution >= 0.6 is 0 Å². The summed E-state index contributed by atoms with van der Waals surface area (Å²) in [6, 6.07) is 10.4. The molecule has 136 valence electrons. The molecule has 2 aliphatic rings. The average Bonchev–Trinajstić information content (AvgIpc) is 3.42. The molecule has 2 aromatic carbocycles. The number of nitrogens with one attached hydrogen (secondary N) is 1. The molecule has 1 aliphatic carbocycles. The molecular formula is C18H16FNO5S. The molecule has 8 heteroatoms. The molecule has 6 nitrogen and oxygen atoms in total. The van der Waals surface area contributed by atoms with Gasteiger partial charge in [-0.1, -0.05) is 18.2 Å². The van der Waals surface area contributed by atoms with Crippen LogP contribution < -0.4 is 14.2 Å². The lowest BCUT2D eigenvalue weighted by atomic mass is 10.1. The summed E-state index contributed by atoms with van der Waals surface area (Å²) < 4.78 is 51.5. The Labute approximate surface area is 150 Å². The molecule has 0 unspecified atom stereocenters. The van der Waals surface area contributed by atoms with Gasteiger partial charge in [0.1, 0.15) is 19.0 Å². The van der Waals surface area contributed by atoms with Crippen LogP contribution in [-0.2, 0) is 14.8 Å². The molecule has 4 rings (SSSR count). The van der Waals surface area contributed by atoms with Crippen LogP contribution in [-0.4, -0.2) is 27.5 Å². The molecule has 0 radical (unpaired) electrons. The summed E-state index contributed by atoms with van der Waals surface area (Å²) in [5.41, 5.74) is 0.435. The van der Waals surface area contributed by atoms with Crippen LogP contribution in [0.1, 0.15) is 17.9 Å². The fourth-order valence-electron chi connectivity index (χ4n) is 3.06. The highest BCUT2D eigenvalue weighted by atomic mass is 32.2. The van der Waals surface area contributed by atoms with Gasteiger partial charge in [-0.3, -0.25) is 4.79 Å². The standard InChI is InChI=1S/C18H16FNO5S/c19-15-4-2-1-3-12(15)13-10-14(13)18(21)20-26(22,23)11-5-6-16-17(9-11)25-8-7-24-16/h1-6,9,13-14H,7-8,10H2,(H,20,21)/t13-,14+/m0/s1. The van der Waals surface area contributed by atoms with Gasteiger partial charge >= 0.3 is 0 Å². The van der Waals surface area contributed by atoms with E-state index < -0.39 is 21.8 Å². The highest BCUT2D eigenvalue weighted by Gasteiger charge is 2.46. The normalized spacial score (nSPS) is 21.1. The van der Waals surface area contributed by atoms with Crippen LogP contribution in [0.2, 0.25) is 0 Å². The molecule has 0 bridgehead atoms. The molecule has 1 aliphatic heterocycles. The second kappa shape index (κ2) is 6.28. The Bertz CT molecular complexity index is 975. The van der Waals surface area contributed by atoms with E-state index in [1.807, 2.05) is 0 Å². The Morgan fingerprint density at radius 3 is 2.58 bits per heavy atom. The van der Waals surface area contributed by atoms with Gasteiger partial charge in [-0.05, 0) is 36.1 Å². The monoisotopic (exact) mass is 377 g/mol. The summed E-state index contributed by atoms with van der Waals surface area (Å²) in [6.07, 6.45) is 0.420. The van der Waals surface area contributed by atoms with Crippen molar-refractivity contribution in [3.05, 3.63) is 53.8 Å². The second-order valence-corrected chi connectivity index (χ2v) is 7.93. The van der Waals surface area contributed by atoms with Gasteiger partial charge in [-0.2, -0.15) is 0 Å². The Morgan fingerprint density at radius 2 is 1.81 bits per heavy atom. The van der Waals surface area contributed by atoms with E-state index in [0.717, 1.165) is 0 Å². The predicted octanol–water partition coefficient (Wildman–Crippen LogP) is 2.21. The fourth-order valence-corrected chi connectivity index (χ4v) is 4.11. The smallest absolute Gasteiger partial charge is 0.264 e. The van der Waals surface area contributed by atoms with Crippen LogP contribution in [0.3, 0.4) is 0 Å². The molecule has 1 saturated carbocycles. The lowest BCUT2D eigenvalue weighted by Crippen LogP contribution is -2.32. The molecule has 0 spiro atoms. The first-order chi connectivity index (χ1) is 12.5. The largest absolute Gasteiger partial charge is 0.486 e. The van der Waals surface area contributed by atoms with Crippen LogP contribution in [0.15, 0.2) is 47.4 Å². The van der Waals surface area contributed by atoms with Crippen LogP contribution in [0.25, 0.3) is 0 Å². The number of sulfonamides is 1. The highest BCUT2D eigenvalue weighted by Crippen LogP contribution is 2.48. The lowest BCUT2D eigenvalue weighted by Gasteiger charge is -2.18. The number of amides is 1. The number of ether oxygens (including phenoxy) is 2. The van der Waals surface area contributed by atoms with Crippen molar-refractivity contribution in [3.8, 4) is 11.5 Å². The summed E-state index contributed by atoms with van der Waals surface area (Å²) in [5, 5.41) is 0. The molecule has 2 aromatic rings. The van der Waals surface area contributed by atoms with Gasteiger partial charge in [0.2, 0.25) is 5.91 Å². The summed E-state index contributed by atoms with van der Waals surface area (Å²) in [7, 11) is -4.04. The van der Waals surface area contributed by atoms with E-state index in [2.05, 4.69) is 4.72 Å². The molecule has 0 saturated heterocycles. The van der Waals surface area contributed by atoms with E-state index in [-0.39, 0.29) is 16.6 Å². The number of hydrogen-bond acceptors (Lipinski definition) is 5. The van der Waals surface area contributed by atoms with Crippen LogP contribution in [0, 0.1) is 11.7 Å². The predicted molar refractivity (Wildman–Crippen MR) is 90.0 cm³/mol. The summed E-state index contributed by atoms with van der Waals surface area (Å²) in [6.45, 7) is 0.726. The topological polar surface area (TPSA) is 81.7 Å². The van der Waals surface area contributed by atoms with Gasteiger partial charge in [0.25, 0.3) is 10.0 Å². The molecule has 1 amide bonds. The van der Waals surface area contributed by atoms with Crippen molar-refractivity contribution < 1.29 is 27.1 Å². The van der Waals surface area contributed by atoms with E-state index in [9.17, 15) is 17.6 Å². The number of halogens is 1. The molecule has 2 atom stereocenters. The minimum absolute atomic E-state index is 0.0850. The minimum Gasteiger partial charge on any atom is -0.486 e. The first-order valence-corrected chi connectivity index (χ1v) is 9.65. The molecule has 0 aromatic heterocycles. The Morgan fingerprint density at radius 1 is 1.08 bits per heavy atom. The van der Waals surface area contributed by atoms with Gasteiger partial charge in [-0.25, -0.2) is 17.5 Å². The fraction of sp³-hybridized carbons (Fsp3) is 0.278. The minimum atomic E-state index is -4.04. The van der Waals surface area contributed by atoms with Gasteiger partial charge < -0.3 is 9.47 Å². The maximum atomic E-state index is 13.8. The quantitative estimate of drug-likeness (QED) is 0.883. The van der Waals surface area contributed by atoms with E-state index in [1.54, 1.807) is 18.2 Å².